The summed E-state index contributed by atoms with van der Waals surface area (Å²) in [7, 11) is 0. The van der Waals surface area contributed by atoms with Gasteiger partial charge < -0.3 is 19.6 Å². The topological polar surface area (TPSA) is 143 Å². The number of fused-ring (bicyclic) bond motifs is 9. The molecule has 3 heterocycles. The predicted octanol–water partition coefficient (Wildman–Crippen LogP) is 2.59. The quantitative estimate of drug-likeness (QED) is 0.374. The second-order valence-corrected chi connectivity index (χ2v) is 12.5. The van der Waals surface area contributed by atoms with Gasteiger partial charge in [0.2, 0.25) is 11.8 Å². The first-order valence-electron chi connectivity index (χ1n) is 12.2. The van der Waals surface area contributed by atoms with Crippen LogP contribution < -0.4 is 9.61 Å². The van der Waals surface area contributed by atoms with Gasteiger partial charge in [0.25, 0.3) is 0 Å². The molecule has 1 aromatic carbocycles. The van der Waals surface area contributed by atoms with Gasteiger partial charge in [-0.15, -0.1) is 11.8 Å². The number of thioether (sulfide) groups is 1. The van der Waals surface area contributed by atoms with Crippen molar-refractivity contribution in [1.29, 1.82) is 0 Å². The van der Waals surface area contributed by atoms with Crippen molar-refractivity contribution < 1.29 is 33.8 Å². The maximum atomic E-state index is 13.3. The van der Waals surface area contributed by atoms with Gasteiger partial charge in [0.05, 0.1) is 23.5 Å². The van der Waals surface area contributed by atoms with E-state index in [2.05, 4.69) is 4.98 Å². The SMILES string of the molecule is CCOC(=O)COc1ccc(Cl)cc1[C@H]1c2sc(=O)[nH]c2SC2C3CC(C4C(=O)N(CC(=O)O)C(=O)C34)C21. The van der Waals surface area contributed by atoms with E-state index >= 15 is 0 Å². The van der Waals surface area contributed by atoms with Gasteiger partial charge in [0.1, 0.15) is 12.3 Å². The highest BCUT2D eigenvalue weighted by Gasteiger charge is 2.69. The number of imide groups is 1. The zero-order valence-corrected chi connectivity index (χ0v) is 22.4. The van der Waals surface area contributed by atoms with Crippen LogP contribution in [-0.2, 0) is 23.9 Å². The van der Waals surface area contributed by atoms with Crippen LogP contribution in [0.5, 0.6) is 5.75 Å². The highest BCUT2D eigenvalue weighted by molar-refractivity contribution is 8.00. The minimum absolute atomic E-state index is 0.0811. The average molecular weight is 579 g/mol. The summed E-state index contributed by atoms with van der Waals surface area (Å²) in [5.74, 6) is -4.18. The highest BCUT2D eigenvalue weighted by Crippen LogP contribution is 2.69. The Morgan fingerprint density at radius 2 is 1.92 bits per heavy atom. The Morgan fingerprint density at radius 3 is 2.63 bits per heavy atom. The molecule has 6 rings (SSSR count). The molecule has 7 atom stereocenters. The summed E-state index contributed by atoms with van der Waals surface area (Å²) >= 11 is 9.03. The molecule has 6 unspecified atom stereocenters. The number of carboxylic acids is 1. The molecular formula is C25H23ClN2O8S2. The van der Waals surface area contributed by atoms with Crippen molar-refractivity contribution in [3.8, 4) is 5.75 Å². The number of aromatic nitrogens is 1. The van der Waals surface area contributed by atoms with E-state index in [4.69, 9.17) is 21.1 Å². The Balaban J connectivity index is 1.42. The summed E-state index contributed by atoms with van der Waals surface area (Å²) in [4.78, 5) is 66.8. The molecule has 2 saturated carbocycles. The number of H-pyrrole nitrogens is 1. The van der Waals surface area contributed by atoms with Crippen LogP contribution in [0.4, 0.5) is 0 Å². The Labute approximate surface area is 229 Å². The zero-order chi connectivity index (χ0) is 26.9. The van der Waals surface area contributed by atoms with Gasteiger partial charge in [-0.05, 0) is 49.3 Å². The Morgan fingerprint density at radius 1 is 1.18 bits per heavy atom. The number of esters is 1. The molecule has 4 aliphatic rings. The maximum Gasteiger partial charge on any atom is 0.344 e. The molecule has 0 radical (unpaired) electrons. The van der Waals surface area contributed by atoms with Crippen LogP contribution >= 0.6 is 34.7 Å². The number of halogens is 1. The molecule has 200 valence electrons. The van der Waals surface area contributed by atoms with Crippen LogP contribution in [0.15, 0.2) is 28.0 Å². The number of nitrogens with one attached hydrogen (secondary N) is 1. The normalized spacial score (nSPS) is 30.7. The lowest BCUT2D eigenvalue weighted by atomic mass is 9.68. The fourth-order valence-corrected chi connectivity index (χ4v) is 10.0. The monoisotopic (exact) mass is 578 g/mol. The third kappa shape index (κ3) is 3.87. The number of aromatic amines is 1. The summed E-state index contributed by atoms with van der Waals surface area (Å²) < 4.78 is 10.9. The average Bonchev–Trinajstić information content (AvgIpc) is 3.59. The van der Waals surface area contributed by atoms with Crippen LogP contribution in [0.3, 0.4) is 0 Å². The molecule has 2 aliphatic heterocycles. The lowest BCUT2D eigenvalue weighted by Crippen LogP contribution is -2.42. The number of rotatable bonds is 7. The number of thiazole rings is 1. The molecule has 1 saturated heterocycles. The number of hydrogen-bond donors (Lipinski definition) is 2. The summed E-state index contributed by atoms with van der Waals surface area (Å²) in [5.41, 5.74) is 0.692. The number of nitrogens with zero attached hydrogens (tertiary/aromatic N) is 1. The number of hydrogen-bond acceptors (Lipinski definition) is 9. The van der Waals surface area contributed by atoms with Crippen molar-refractivity contribution in [3.63, 3.8) is 0 Å². The van der Waals surface area contributed by atoms with Crippen molar-refractivity contribution in [2.45, 2.75) is 29.5 Å². The fraction of sp³-hybridized carbons (Fsp3) is 0.480. The van der Waals surface area contributed by atoms with Gasteiger partial charge in [0.15, 0.2) is 6.61 Å². The number of carbonyl (C=O) groups is 4. The lowest BCUT2D eigenvalue weighted by molar-refractivity contribution is -0.150. The number of ether oxygens (including phenoxy) is 2. The number of aliphatic carboxylic acids is 1. The molecular weight excluding hydrogens is 556 g/mol. The van der Waals surface area contributed by atoms with Crippen molar-refractivity contribution in [2.24, 2.45) is 29.6 Å². The van der Waals surface area contributed by atoms with E-state index in [9.17, 15) is 29.1 Å². The smallest absolute Gasteiger partial charge is 0.344 e. The molecule has 0 spiro atoms. The summed E-state index contributed by atoms with van der Waals surface area (Å²) in [6, 6.07) is 5.09. The number of benzene rings is 1. The third-order valence-corrected chi connectivity index (χ3v) is 10.9. The van der Waals surface area contributed by atoms with Gasteiger partial charge >= 0.3 is 16.8 Å². The van der Waals surface area contributed by atoms with E-state index in [1.54, 1.807) is 25.1 Å². The van der Waals surface area contributed by atoms with E-state index in [1.165, 1.54) is 11.8 Å². The number of carbonyl (C=O) groups excluding carboxylic acids is 3. The number of amides is 2. The number of likely N-dealkylation sites (tertiary alicyclic amines) is 1. The molecule has 2 aromatic rings. The van der Waals surface area contributed by atoms with Crippen LogP contribution in [0.1, 0.15) is 29.7 Å². The Kier molecular flexibility index (Phi) is 6.31. The van der Waals surface area contributed by atoms with Crippen molar-refractivity contribution in [2.75, 3.05) is 19.8 Å². The third-order valence-electron chi connectivity index (χ3n) is 8.07. The maximum absolute atomic E-state index is 13.3. The van der Waals surface area contributed by atoms with Gasteiger partial charge in [-0.3, -0.25) is 24.1 Å². The molecule has 2 bridgehead atoms. The van der Waals surface area contributed by atoms with Gasteiger partial charge in [-0.2, -0.15) is 0 Å². The van der Waals surface area contributed by atoms with E-state index in [0.717, 1.165) is 21.1 Å². The van der Waals surface area contributed by atoms with E-state index in [1.807, 2.05) is 0 Å². The van der Waals surface area contributed by atoms with Crippen LogP contribution in [-0.4, -0.2) is 63.8 Å². The minimum atomic E-state index is -1.23. The summed E-state index contributed by atoms with van der Waals surface area (Å²) in [5, 5.41) is 10.4. The van der Waals surface area contributed by atoms with E-state index in [-0.39, 0.29) is 47.0 Å². The first kappa shape index (κ1) is 25.4. The first-order valence-corrected chi connectivity index (χ1v) is 14.3. The van der Waals surface area contributed by atoms with E-state index < -0.39 is 42.1 Å². The van der Waals surface area contributed by atoms with Gasteiger partial charge in [-0.1, -0.05) is 22.9 Å². The largest absolute Gasteiger partial charge is 0.482 e. The van der Waals surface area contributed by atoms with E-state index in [0.29, 0.717) is 27.8 Å². The zero-order valence-electron chi connectivity index (χ0n) is 20.0. The van der Waals surface area contributed by atoms with Gasteiger partial charge in [0, 0.05) is 26.6 Å². The van der Waals surface area contributed by atoms with Crippen LogP contribution in [0.2, 0.25) is 5.02 Å². The van der Waals surface area contributed by atoms with Crippen molar-refractivity contribution in [3.05, 3.63) is 43.3 Å². The second kappa shape index (κ2) is 9.42. The second-order valence-electron chi connectivity index (χ2n) is 9.89. The summed E-state index contributed by atoms with van der Waals surface area (Å²) in [6.07, 6.45) is 0.658. The molecule has 2 aliphatic carbocycles. The molecule has 10 nitrogen and oxygen atoms in total. The Bertz CT molecular complexity index is 1420. The van der Waals surface area contributed by atoms with Crippen LogP contribution in [0.25, 0.3) is 0 Å². The molecule has 3 fully saturated rings. The van der Waals surface area contributed by atoms with Gasteiger partial charge in [-0.25, -0.2) is 4.79 Å². The summed E-state index contributed by atoms with van der Waals surface area (Å²) in [6.45, 7) is 0.978. The minimum Gasteiger partial charge on any atom is -0.482 e. The molecule has 38 heavy (non-hydrogen) atoms. The van der Waals surface area contributed by atoms with Crippen LogP contribution in [0, 0.1) is 29.6 Å². The highest BCUT2D eigenvalue weighted by atomic mass is 35.5. The fourth-order valence-electron chi connectivity index (χ4n) is 6.95. The predicted molar refractivity (Wildman–Crippen MR) is 136 cm³/mol. The number of carboxylic acid groups (broad SMARTS) is 1. The molecule has 1 aromatic heterocycles. The molecule has 13 heteroatoms. The van der Waals surface area contributed by atoms with Crippen molar-refractivity contribution in [1.82, 2.24) is 9.88 Å². The molecule has 2 amide bonds. The standard InChI is InChI=1S/C25H23ClN2O8S2/c1-2-35-15(31)8-36-13-4-3-9(26)5-10(13)16-17-11-6-12(20(17)37-22-21(16)38-25(34)27-22)19-18(11)23(32)28(24(19)33)7-14(29)30/h3-5,11-12,16-20H,2,6-8H2,1H3,(H,27,34)(H,29,30)/t11?,12?,16-,17?,18?,19?,20?/m1/s1. The Hall–Kier alpha value is -2.83. The molecule has 2 N–H and O–H groups in total. The lowest BCUT2D eigenvalue weighted by Gasteiger charge is -2.43. The van der Waals surface area contributed by atoms with Crippen molar-refractivity contribution >= 4 is 58.5 Å². The first-order chi connectivity index (χ1) is 18.2.